The highest BCUT2D eigenvalue weighted by molar-refractivity contribution is 6.11. The number of allylic oxidation sites excluding steroid dienone is 2. The van der Waals surface area contributed by atoms with E-state index in [1.165, 1.54) is 13.8 Å². The molecule has 0 spiro atoms. The Morgan fingerprint density at radius 2 is 1.69 bits per heavy atom. The van der Waals surface area contributed by atoms with Crippen LogP contribution in [0.2, 0.25) is 0 Å². The van der Waals surface area contributed by atoms with Gasteiger partial charge in [-0.2, -0.15) is 0 Å². The zero-order chi connectivity index (χ0) is 20.7. The lowest BCUT2D eigenvalue weighted by Crippen LogP contribution is -2.45. The Hall–Kier alpha value is -3.22. The van der Waals surface area contributed by atoms with Crippen LogP contribution in [0.15, 0.2) is 42.6 Å². The number of esters is 1. The first-order valence-corrected chi connectivity index (χ1v) is 9.73. The van der Waals surface area contributed by atoms with E-state index in [9.17, 15) is 19.2 Å². The summed E-state index contributed by atoms with van der Waals surface area (Å²) in [6.07, 6.45) is 5.33. The Labute approximate surface area is 167 Å². The van der Waals surface area contributed by atoms with E-state index in [-0.39, 0.29) is 17.6 Å². The molecule has 1 aliphatic heterocycles. The maximum Gasteiger partial charge on any atom is 0.329 e. The maximum atomic E-state index is 12.8. The van der Waals surface area contributed by atoms with Gasteiger partial charge in [0, 0.05) is 22.7 Å². The van der Waals surface area contributed by atoms with Crippen LogP contribution < -0.4 is 0 Å². The van der Waals surface area contributed by atoms with Crippen molar-refractivity contribution in [1.29, 1.82) is 0 Å². The van der Waals surface area contributed by atoms with Gasteiger partial charge in [0.15, 0.2) is 6.10 Å². The molecular formula is C22H22N2O5. The molecule has 0 unspecified atom stereocenters. The van der Waals surface area contributed by atoms with Crippen molar-refractivity contribution in [2.45, 2.75) is 38.8 Å². The Bertz CT molecular complexity index is 1010. The standard InChI is InChI=1S/C22H22N2O5/c1-12(24-20(26)15-8-3-4-9-16(15)21(24)27)22(28)29-13(2)19(25)17-11-23-18-10-6-5-7-14(17)18/h3-7,10-13,15-16,23H,8-9H2,1-2H3/t12-,13-,15-,16-/m0/s1. The molecule has 29 heavy (non-hydrogen) atoms. The molecule has 1 saturated heterocycles. The average Bonchev–Trinajstić information content (AvgIpc) is 3.26. The summed E-state index contributed by atoms with van der Waals surface area (Å²) in [4.78, 5) is 54.7. The second-order valence-electron chi connectivity index (χ2n) is 7.57. The predicted octanol–water partition coefficient (Wildman–Crippen LogP) is 2.62. The third-order valence-corrected chi connectivity index (χ3v) is 5.79. The molecule has 7 heteroatoms. The molecular weight excluding hydrogens is 372 g/mol. The Kier molecular flexibility index (Phi) is 4.82. The lowest BCUT2D eigenvalue weighted by atomic mass is 9.85. The fourth-order valence-electron chi connectivity index (χ4n) is 4.13. The van der Waals surface area contributed by atoms with E-state index in [0.29, 0.717) is 18.4 Å². The van der Waals surface area contributed by atoms with Crippen LogP contribution in [0.4, 0.5) is 0 Å². The molecule has 2 aliphatic rings. The predicted molar refractivity (Wildman–Crippen MR) is 105 cm³/mol. The molecule has 2 aromatic rings. The Morgan fingerprint density at radius 1 is 1.07 bits per heavy atom. The van der Waals surface area contributed by atoms with Gasteiger partial charge in [0.25, 0.3) is 0 Å². The number of nitrogens with zero attached hydrogens (tertiary/aromatic N) is 1. The maximum absolute atomic E-state index is 12.8. The molecule has 0 radical (unpaired) electrons. The quantitative estimate of drug-likeness (QED) is 0.364. The number of hydrogen-bond donors (Lipinski definition) is 1. The first-order valence-electron chi connectivity index (χ1n) is 9.73. The largest absolute Gasteiger partial charge is 0.453 e. The number of Topliss-reactive ketones (excluding diaryl/α,β-unsaturated/α-hetero) is 1. The van der Waals surface area contributed by atoms with Gasteiger partial charge in [-0.3, -0.25) is 19.3 Å². The number of carbonyl (C=O) groups excluding carboxylic acids is 4. The van der Waals surface area contributed by atoms with Crippen molar-refractivity contribution in [1.82, 2.24) is 9.88 Å². The molecule has 1 aromatic heterocycles. The number of hydrogen-bond acceptors (Lipinski definition) is 5. The molecule has 1 fully saturated rings. The zero-order valence-electron chi connectivity index (χ0n) is 16.3. The molecule has 0 saturated carbocycles. The molecule has 4 rings (SSSR count). The number of likely N-dealkylation sites (tertiary alicyclic amines) is 1. The minimum atomic E-state index is -1.07. The van der Waals surface area contributed by atoms with Gasteiger partial charge < -0.3 is 9.72 Å². The van der Waals surface area contributed by atoms with Gasteiger partial charge >= 0.3 is 5.97 Å². The van der Waals surface area contributed by atoms with Crippen molar-refractivity contribution < 1.29 is 23.9 Å². The van der Waals surface area contributed by atoms with Gasteiger partial charge in [-0.05, 0) is 32.8 Å². The van der Waals surface area contributed by atoms with Crippen LogP contribution in [0.3, 0.4) is 0 Å². The van der Waals surface area contributed by atoms with Crippen molar-refractivity contribution in [2.75, 3.05) is 0 Å². The average molecular weight is 394 g/mol. The number of amides is 2. The van der Waals surface area contributed by atoms with Gasteiger partial charge in [-0.15, -0.1) is 0 Å². The van der Waals surface area contributed by atoms with E-state index in [2.05, 4.69) is 4.98 Å². The molecule has 1 aromatic carbocycles. The first kappa shape index (κ1) is 19.1. The molecule has 4 atom stereocenters. The number of carbonyl (C=O) groups is 4. The summed E-state index contributed by atoms with van der Waals surface area (Å²) in [6, 6.07) is 6.27. The number of fused-ring (bicyclic) bond motifs is 2. The van der Waals surface area contributed by atoms with E-state index in [0.717, 1.165) is 15.8 Å². The zero-order valence-corrected chi connectivity index (χ0v) is 16.3. The number of imide groups is 1. The number of para-hydroxylation sites is 1. The van der Waals surface area contributed by atoms with Gasteiger partial charge in [0.2, 0.25) is 17.6 Å². The van der Waals surface area contributed by atoms with Crippen molar-refractivity contribution in [3.05, 3.63) is 48.2 Å². The van der Waals surface area contributed by atoms with Gasteiger partial charge in [0.05, 0.1) is 11.8 Å². The van der Waals surface area contributed by atoms with E-state index in [1.807, 2.05) is 36.4 Å². The van der Waals surface area contributed by atoms with Gasteiger partial charge in [-0.1, -0.05) is 30.4 Å². The van der Waals surface area contributed by atoms with Crippen LogP contribution in [0.1, 0.15) is 37.0 Å². The van der Waals surface area contributed by atoms with Crippen LogP contribution in [0.5, 0.6) is 0 Å². The number of ether oxygens (including phenoxy) is 1. The second-order valence-corrected chi connectivity index (χ2v) is 7.57. The summed E-state index contributed by atoms with van der Waals surface area (Å²) < 4.78 is 5.35. The Balaban J connectivity index is 1.46. The second kappa shape index (κ2) is 7.31. The summed E-state index contributed by atoms with van der Waals surface area (Å²) in [6.45, 7) is 2.96. The summed E-state index contributed by atoms with van der Waals surface area (Å²) >= 11 is 0. The van der Waals surface area contributed by atoms with Gasteiger partial charge in [0.1, 0.15) is 6.04 Å². The van der Waals surface area contributed by atoms with Crippen LogP contribution in [0.25, 0.3) is 10.9 Å². The smallest absolute Gasteiger partial charge is 0.329 e. The minimum Gasteiger partial charge on any atom is -0.453 e. The van der Waals surface area contributed by atoms with Crippen molar-refractivity contribution in [3.63, 3.8) is 0 Å². The fourth-order valence-corrected chi connectivity index (χ4v) is 4.13. The summed E-state index contributed by atoms with van der Waals surface area (Å²) in [5.74, 6) is -2.62. The van der Waals surface area contributed by atoms with E-state index in [1.54, 1.807) is 6.20 Å². The SMILES string of the molecule is C[C@H](OC(=O)[C@H](C)N1C(=O)[C@H]2CC=CC[C@@H]2C1=O)C(=O)c1c[nH]c2ccccc12. The van der Waals surface area contributed by atoms with E-state index < -0.39 is 30.0 Å². The summed E-state index contributed by atoms with van der Waals surface area (Å²) in [7, 11) is 0. The topological polar surface area (TPSA) is 96.5 Å². The molecule has 1 N–H and O–H groups in total. The highest BCUT2D eigenvalue weighted by Gasteiger charge is 2.50. The molecule has 0 bridgehead atoms. The van der Waals surface area contributed by atoms with Crippen LogP contribution in [0, 0.1) is 11.8 Å². The van der Waals surface area contributed by atoms with Crippen LogP contribution in [-0.4, -0.2) is 45.6 Å². The third-order valence-electron chi connectivity index (χ3n) is 5.79. The van der Waals surface area contributed by atoms with Gasteiger partial charge in [-0.25, -0.2) is 4.79 Å². The highest BCUT2D eigenvalue weighted by atomic mass is 16.5. The number of aromatic nitrogens is 1. The molecule has 2 heterocycles. The number of H-pyrrole nitrogens is 1. The first-order chi connectivity index (χ1) is 13.9. The van der Waals surface area contributed by atoms with Crippen molar-refractivity contribution >= 4 is 34.5 Å². The molecule has 150 valence electrons. The highest BCUT2D eigenvalue weighted by Crippen LogP contribution is 2.36. The fraction of sp³-hybridized carbons (Fsp3) is 0.364. The minimum absolute atomic E-state index is 0.343. The number of nitrogens with one attached hydrogen (secondary N) is 1. The molecule has 7 nitrogen and oxygen atoms in total. The monoisotopic (exact) mass is 394 g/mol. The molecule has 2 amide bonds. The lowest BCUT2D eigenvalue weighted by Gasteiger charge is -2.23. The molecule has 1 aliphatic carbocycles. The van der Waals surface area contributed by atoms with E-state index >= 15 is 0 Å². The lowest BCUT2D eigenvalue weighted by molar-refractivity contribution is -0.159. The summed E-state index contributed by atoms with van der Waals surface area (Å²) in [5.41, 5.74) is 1.24. The van der Waals surface area contributed by atoms with Crippen molar-refractivity contribution in [2.24, 2.45) is 11.8 Å². The number of rotatable bonds is 5. The Morgan fingerprint density at radius 3 is 2.34 bits per heavy atom. The summed E-state index contributed by atoms with van der Waals surface area (Å²) in [5, 5.41) is 0.745. The normalized spacial score (nSPS) is 23.2. The van der Waals surface area contributed by atoms with Crippen LogP contribution in [-0.2, 0) is 19.1 Å². The number of aromatic amines is 1. The van der Waals surface area contributed by atoms with E-state index in [4.69, 9.17) is 4.74 Å². The number of ketones is 1. The van der Waals surface area contributed by atoms with Crippen LogP contribution >= 0.6 is 0 Å². The third kappa shape index (κ3) is 3.16. The van der Waals surface area contributed by atoms with Crippen molar-refractivity contribution in [3.8, 4) is 0 Å². The number of benzene rings is 1.